The largest absolute Gasteiger partial charge is 0.489 e. The number of hydrazone groups is 1. The van der Waals surface area contributed by atoms with Gasteiger partial charge < -0.3 is 4.74 Å². The molecule has 0 saturated carbocycles. The molecule has 6 heteroatoms. The number of rotatable bonds is 8. The maximum Gasteiger partial charge on any atom is 0.253 e. The van der Waals surface area contributed by atoms with Crippen molar-refractivity contribution < 1.29 is 9.53 Å². The van der Waals surface area contributed by atoms with Crippen LogP contribution in [-0.4, -0.2) is 17.4 Å². The molecule has 29 heavy (non-hydrogen) atoms. The number of nitrogens with one attached hydrogen (secondary N) is 1. The van der Waals surface area contributed by atoms with Gasteiger partial charge in [0.1, 0.15) is 12.4 Å². The normalized spacial score (nSPS) is 11.9. The smallest absolute Gasteiger partial charge is 0.253 e. The van der Waals surface area contributed by atoms with Gasteiger partial charge in [-0.25, -0.2) is 5.43 Å². The van der Waals surface area contributed by atoms with Gasteiger partial charge in [-0.3, -0.25) is 4.79 Å². The van der Waals surface area contributed by atoms with Crippen LogP contribution >= 0.6 is 23.4 Å². The predicted octanol–water partition coefficient (Wildman–Crippen LogP) is 5.55. The SMILES string of the molecule is C[C@@H](Sc1ccc(Cl)cc1)C(=O)N/N=C\c1ccc(OCc2ccccc2)cc1. The van der Waals surface area contributed by atoms with E-state index in [1.807, 2.05) is 73.7 Å². The van der Waals surface area contributed by atoms with Gasteiger partial charge in [0.15, 0.2) is 0 Å². The van der Waals surface area contributed by atoms with E-state index in [-0.39, 0.29) is 11.2 Å². The van der Waals surface area contributed by atoms with E-state index in [2.05, 4.69) is 10.5 Å². The first-order valence-electron chi connectivity index (χ1n) is 9.12. The first-order valence-corrected chi connectivity index (χ1v) is 10.4. The van der Waals surface area contributed by atoms with Crippen LogP contribution in [0.25, 0.3) is 0 Å². The number of carbonyl (C=O) groups excluding carboxylic acids is 1. The zero-order valence-corrected chi connectivity index (χ0v) is 17.5. The van der Waals surface area contributed by atoms with Gasteiger partial charge in [-0.05, 0) is 66.6 Å². The molecule has 0 aliphatic carbocycles. The number of benzene rings is 3. The summed E-state index contributed by atoms with van der Waals surface area (Å²) in [5.41, 5.74) is 4.56. The molecule has 3 aromatic rings. The van der Waals surface area contributed by atoms with Gasteiger partial charge in [0, 0.05) is 9.92 Å². The third-order valence-corrected chi connectivity index (χ3v) is 5.38. The molecule has 148 valence electrons. The molecule has 0 aliphatic rings. The Morgan fingerprint density at radius 1 is 1.07 bits per heavy atom. The summed E-state index contributed by atoms with van der Waals surface area (Å²) in [6.07, 6.45) is 1.61. The van der Waals surface area contributed by atoms with Gasteiger partial charge in [-0.2, -0.15) is 5.10 Å². The van der Waals surface area contributed by atoms with Crippen molar-refractivity contribution in [2.24, 2.45) is 5.10 Å². The number of ether oxygens (including phenoxy) is 1. The Balaban J connectivity index is 1.45. The average molecular weight is 425 g/mol. The van der Waals surface area contributed by atoms with Gasteiger partial charge in [-0.1, -0.05) is 41.9 Å². The molecule has 0 spiro atoms. The third-order valence-electron chi connectivity index (χ3n) is 4.01. The second kappa shape index (κ2) is 10.7. The lowest BCUT2D eigenvalue weighted by Crippen LogP contribution is -2.26. The Morgan fingerprint density at radius 3 is 2.45 bits per heavy atom. The summed E-state index contributed by atoms with van der Waals surface area (Å²) < 4.78 is 5.76. The van der Waals surface area contributed by atoms with Crippen LogP contribution in [0.4, 0.5) is 0 Å². The van der Waals surface area contributed by atoms with Crippen LogP contribution in [0.2, 0.25) is 5.02 Å². The molecule has 4 nitrogen and oxygen atoms in total. The quantitative estimate of drug-likeness (QED) is 0.293. The first-order chi connectivity index (χ1) is 14.1. The standard InChI is InChI=1S/C23H21ClN2O2S/c1-17(29-22-13-9-20(24)10-14-22)23(27)26-25-15-18-7-11-21(12-8-18)28-16-19-5-3-2-4-6-19/h2-15,17H,16H2,1H3,(H,26,27)/b25-15-/t17-/m1/s1. The highest BCUT2D eigenvalue weighted by atomic mass is 35.5. The van der Waals surface area contributed by atoms with Gasteiger partial charge in [0.05, 0.1) is 11.5 Å². The van der Waals surface area contributed by atoms with E-state index in [1.54, 1.807) is 18.3 Å². The zero-order valence-electron chi connectivity index (χ0n) is 15.9. The fourth-order valence-corrected chi connectivity index (χ4v) is 3.41. The van der Waals surface area contributed by atoms with Gasteiger partial charge in [-0.15, -0.1) is 11.8 Å². The van der Waals surface area contributed by atoms with E-state index in [4.69, 9.17) is 16.3 Å². The van der Waals surface area contributed by atoms with Crippen molar-refractivity contribution in [3.63, 3.8) is 0 Å². The monoisotopic (exact) mass is 424 g/mol. The van der Waals surface area contributed by atoms with Crippen LogP contribution in [0.1, 0.15) is 18.1 Å². The highest BCUT2D eigenvalue weighted by molar-refractivity contribution is 8.00. The lowest BCUT2D eigenvalue weighted by Gasteiger charge is -2.09. The van der Waals surface area contributed by atoms with Crippen molar-refractivity contribution >= 4 is 35.5 Å². The topological polar surface area (TPSA) is 50.7 Å². The molecular weight excluding hydrogens is 404 g/mol. The summed E-state index contributed by atoms with van der Waals surface area (Å²) in [7, 11) is 0. The zero-order chi connectivity index (χ0) is 20.5. The van der Waals surface area contributed by atoms with Crippen molar-refractivity contribution in [2.45, 2.75) is 23.7 Å². The van der Waals surface area contributed by atoms with E-state index in [0.717, 1.165) is 21.8 Å². The molecule has 0 bridgehead atoms. The minimum Gasteiger partial charge on any atom is -0.489 e. The summed E-state index contributed by atoms with van der Waals surface area (Å²) in [6, 6.07) is 24.9. The van der Waals surface area contributed by atoms with Crippen molar-refractivity contribution in [2.75, 3.05) is 0 Å². The fourth-order valence-electron chi connectivity index (χ4n) is 2.42. The molecule has 1 amide bonds. The van der Waals surface area contributed by atoms with Gasteiger partial charge in [0.25, 0.3) is 5.91 Å². The number of carbonyl (C=O) groups is 1. The van der Waals surface area contributed by atoms with Crippen molar-refractivity contribution in [1.29, 1.82) is 0 Å². The Morgan fingerprint density at radius 2 is 1.76 bits per heavy atom. The van der Waals surface area contributed by atoms with E-state index < -0.39 is 0 Å². The first kappa shape index (κ1) is 21.0. The minimum absolute atomic E-state index is 0.163. The van der Waals surface area contributed by atoms with Crippen LogP contribution in [0.3, 0.4) is 0 Å². The highest BCUT2D eigenvalue weighted by Gasteiger charge is 2.13. The maximum atomic E-state index is 12.2. The van der Waals surface area contributed by atoms with Gasteiger partial charge >= 0.3 is 0 Å². The van der Waals surface area contributed by atoms with Crippen LogP contribution in [0.15, 0.2) is 88.9 Å². The molecule has 0 saturated heterocycles. The molecule has 1 N–H and O–H groups in total. The number of hydrogen-bond acceptors (Lipinski definition) is 4. The maximum absolute atomic E-state index is 12.2. The Kier molecular flexibility index (Phi) is 7.73. The predicted molar refractivity (Wildman–Crippen MR) is 120 cm³/mol. The van der Waals surface area contributed by atoms with E-state index in [9.17, 15) is 4.79 Å². The Hall–Kier alpha value is -2.76. The number of halogens is 1. The lowest BCUT2D eigenvalue weighted by atomic mass is 10.2. The molecule has 0 heterocycles. The summed E-state index contributed by atoms with van der Waals surface area (Å²) in [6.45, 7) is 2.36. The average Bonchev–Trinajstić information content (AvgIpc) is 2.75. The molecule has 0 fully saturated rings. The number of hydrogen-bond donors (Lipinski definition) is 1. The van der Waals surface area contributed by atoms with Crippen LogP contribution in [0, 0.1) is 0 Å². The molecule has 3 aromatic carbocycles. The molecule has 0 aromatic heterocycles. The summed E-state index contributed by atoms with van der Waals surface area (Å²) in [4.78, 5) is 13.2. The lowest BCUT2D eigenvalue weighted by molar-refractivity contribution is -0.120. The van der Waals surface area contributed by atoms with E-state index >= 15 is 0 Å². The Labute approximate surface area is 179 Å². The minimum atomic E-state index is -0.276. The third kappa shape index (κ3) is 6.97. The second-order valence-corrected chi connectivity index (χ2v) is 8.14. The fraction of sp³-hybridized carbons (Fsp3) is 0.130. The van der Waals surface area contributed by atoms with Crippen LogP contribution in [0.5, 0.6) is 5.75 Å². The molecule has 0 aliphatic heterocycles. The summed E-state index contributed by atoms with van der Waals surface area (Å²) in [5.74, 6) is 0.618. The number of nitrogens with zero attached hydrogens (tertiary/aromatic N) is 1. The molecule has 1 atom stereocenters. The van der Waals surface area contributed by atoms with Crippen LogP contribution < -0.4 is 10.2 Å². The molecule has 3 rings (SSSR count). The number of thioether (sulfide) groups is 1. The van der Waals surface area contributed by atoms with Crippen molar-refractivity contribution in [3.05, 3.63) is 95.0 Å². The molecule has 0 unspecified atom stereocenters. The molecule has 0 radical (unpaired) electrons. The number of amides is 1. The second-order valence-electron chi connectivity index (χ2n) is 6.29. The van der Waals surface area contributed by atoms with Gasteiger partial charge in [0.2, 0.25) is 0 Å². The van der Waals surface area contributed by atoms with Crippen molar-refractivity contribution in [3.8, 4) is 5.75 Å². The summed E-state index contributed by atoms with van der Waals surface area (Å²) >= 11 is 7.33. The highest BCUT2D eigenvalue weighted by Crippen LogP contribution is 2.24. The summed E-state index contributed by atoms with van der Waals surface area (Å²) in [5, 5.41) is 4.44. The van der Waals surface area contributed by atoms with Crippen molar-refractivity contribution in [1.82, 2.24) is 5.43 Å². The Bertz CT molecular complexity index is 945. The van der Waals surface area contributed by atoms with E-state index in [1.165, 1.54) is 11.8 Å². The van der Waals surface area contributed by atoms with Crippen LogP contribution in [-0.2, 0) is 11.4 Å². The molecular formula is C23H21ClN2O2S. The van der Waals surface area contributed by atoms with E-state index in [0.29, 0.717) is 11.6 Å².